The summed E-state index contributed by atoms with van der Waals surface area (Å²) in [7, 11) is -1.52. The third-order valence-electron chi connectivity index (χ3n) is 2.06. The van der Waals surface area contributed by atoms with E-state index in [1.807, 2.05) is 12.1 Å². The van der Waals surface area contributed by atoms with Crippen LogP contribution in [0.2, 0.25) is 5.15 Å². The van der Waals surface area contributed by atoms with Crippen molar-refractivity contribution >= 4 is 35.0 Å². The average Bonchev–Trinajstić information content (AvgIpc) is 2.18. The van der Waals surface area contributed by atoms with Gasteiger partial charge >= 0.3 is 7.12 Å². The van der Waals surface area contributed by atoms with Gasteiger partial charge in [0, 0.05) is 17.0 Å². The summed E-state index contributed by atoms with van der Waals surface area (Å²) in [6.07, 6.45) is 1.37. The minimum Gasteiger partial charge on any atom is -0.423 e. The van der Waals surface area contributed by atoms with Crippen LogP contribution in [0.1, 0.15) is 0 Å². The molecule has 0 amide bonds. The van der Waals surface area contributed by atoms with Crippen LogP contribution in [0, 0.1) is 0 Å². The van der Waals surface area contributed by atoms with E-state index in [-0.39, 0.29) is 0 Å². The fraction of sp³-hybridized carbons (Fsp3) is 0. The predicted molar refractivity (Wildman–Crippen MR) is 56.6 cm³/mol. The normalized spacial score (nSPS) is 10.5. The molecule has 3 nitrogen and oxygen atoms in total. The van der Waals surface area contributed by atoms with Crippen molar-refractivity contribution in [1.82, 2.24) is 4.98 Å². The van der Waals surface area contributed by atoms with E-state index in [1.54, 1.807) is 12.1 Å². The average molecular weight is 207 g/mol. The zero-order valence-corrected chi connectivity index (χ0v) is 7.94. The van der Waals surface area contributed by atoms with Gasteiger partial charge in [-0.3, -0.25) is 0 Å². The van der Waals surface area contributed by atoms with Gasteiger partial charge in [-0.05, 0) is 5.39 Å². The van der Waals surface area contributed by atoms with Gasteiger partial charge in [-0.25, -0.2) is 4.98 Å². The quantitative estimate of drug-likeness (QED) is 0.531. The maximum atomic E-state index is 9.09. The second-order valence-electron chi connectivity index (χ2n) is 2.92. The van der Waals surface area contributed by atoms with E-state index in [2.05, 4.69) is 4.98 Å². The number of hydrogen-bond acceptors (Lipinski definition) is 3. The van der Waals surface area contributed by atoms with Crippen LogP contribution in [-0.2, 0) is 0 Å². The molecule has 0 aliphatic heterocycles. The first-order chi connectivity index (χ1) is 6.70. The maximum absolute atomic E-state index is 9.09. The Bertz CT molecular complexity index is 475. The van der Waals surface area contributed by atoms with Crippen molar-refractivity contribution < 1.29 is 10.0 Å². The van der Waals surface area contributed by atoms with Crippen molar-refractivity contribution in [2.75, 3.05) is 0 Å². The van der Waals surface area contributed by atoms with Crippen LogP contribution < -0.4 is 5.46 Å². The Morgan fingerprint density at radius 2 is 1.79 bits per heavy atom. The third kappa shape index (κ3) is 1.48. The predicted octanol–water partition coefficient (Wildman–Crippen LogP) is 0.568. The second kappa shape index (κ2) is 3.57. The van der Waals surface area contributed by atoms with Gasteiger partial charge in [-0.2, -0.15) is 0 Å². The summed E-state index contributed by atoms with van der Waals surface area (Å²) in [4.78, 5) is 3.87. The summed E-state index contributed by atoms with van der Waals surface area (Å²) in [6, 6.07) is 7.20. The number of pyridine rings is 1. The summed E-state index contributed by atoms with van der Waals surface area (Å²) in [6.45, 7) is 0. The lowest BCUT2D eigenvalue weighted by Gasteiger charge is -2.05. The fourth-order valence-electron chi connectivity index (χ4n) is 1.39. The van der Waals surface area contributed by atoms with Crippen molar-refractivity contribution in [1.29, 1.82) is 0 Å². The minimum atomic E-state index is -1.52. The molecule has 0 atom stereocenters. The number of halogens is 1. The summed E-state index contributed by atoms with van der Waals surface area (Å²) in [5.74, 6) is 0. The van der Waals surface area contributed by atoms with Crippen molar-refractivity contribution in [2.45, 2.75) is 0 Å². The number of fused-ring (bicyclic) bond motifs is 1. The van der Waals surface area contributed by atoms with Gasteiger partial charge < -0.3 is 10.0 Å². The summed E-state index contributed by atoms with van der Waals surface area (Å²) < 4.78 is 0. The van der Waals surface area contributed by atoms with Crippen LogP contribution in [0.4, 0.5) is 0 Å². The van der Waals surface area contributed by atoms with Gasteiger partial charge in [0.15, 0.2) is 0 Å². The zero-order valence-electron chi connectivity index (χ0n) is 7.18. The molecule has 1 heterocycles. The number of rotatable bonds is 1. The molecule has 0 aliphatic carbocycles. The van der Waals surface area contributed by atoms with Gasteiger partial charge in [0.05, 0.1) is 0 Å². The van der Waals surface area contributed by atoms with Crippen molar-refractivity contribution in [2.24, 2.45) is 0 Å². The number of benzene rings is 1. The Hall–Kier alpha value is -1.10. The van der Waals surface area contributed by atoms with Crippen molar-refractivity contribution in [3.8, 4) is 0 Å². The highest BCUT2D eigenvalue weighted by Crippen LogP contribution is 2.18. The molecule has 5 heteroatoms. The lowest BCUT2D eigenvalue weighted by molar-refractivity contribution is 0.426. The van der Waals surface area contributed by atoms with Gasteiger partial charge in [-0.1, -0.05) is 35.9 Å². The summed E-state index contributed by atoms with van der Waals surface area (Å²) in [5, 5.41) is 20.0. The molecule has 0 fully saturated rings. The van der Waals surface area contributed by atoms with E-state index in [0.717, 1.165) is 5.39 Å². The second-order valence-corrected chi connectivity index (χ2v) is 3.28. The molecule has 0 spiro atoms. The Morgan fingerprint density at radius 3 is 2.43 bits per heavy atom. The molecule has 14 heavy (non-hydrogen) atoms. The van der Waals surface area contributed by atoms with Gasteiger partial charge in [-0.15, -0.1) is 0 Å². The molecule has 0 saturated heterocycles. The molecule has 0 unspecified atom stereocenters. The lowest BCUT2D eigenvalue weighted by Crippen LogP contribution is -2.30. The molecule has 70 valence electrons. The molecule has 1 aromatic carbocycles. The monoisotopic (exact) mass is 207 g/mol. The van der Waals surface area contributed by atoms with Crippen LogP contribution in [0.5, 0.6) is 0 Å². The van der Waals surface area contributed by atoms with E-state index in [1.165, 1.54) is 6.20 Å². The first-order valence-corrected chi connectivity index (χ1v) is 4.47. The number of aromatic nitrogens is 1. The van der Waals surface area contributed by atoms with Crippen LogP contribution >= 0.6 is 11.6 Å². The largest absolute Gasteiger partial charge is 0.490 e. The topological polar surface area (TPSA) is 53.4 Å². The molecule has 2 aromatic rings. The van der Waals surface area contributed by atoms with E-state index in [9.17, 15) is 0 Å². The lowest BCUT2D eigenvalue weighted by atomic mass is 9.78. The first kappa shape index (κ1) is 9.46. The van der Waals surface area contributed by atoms with Crippen molar-refractivity contribution in [3.63, 3.8) is 0 Å². The van der Waals surface area contributed by atoms with Gasteiger partial charge in [0.2, 0.25) is 0 Å². The minimum absolute atomic E-state index is 0.366. The Balaban J connectivity index is 2.82. The molecule has 0 saturated carbocycles. The highest BCUT2D eigenvalue weighted by Gasteiger charge is 2.15. The third-order valence-corrected chi connectivity index (χ3v) is 2.36. The van der Waals surface area contributed by atoms with E-state index in [4.69, 9.17) is 21.6 Å². The molecule has 0 radical (unpaired) electrons. The first-order valence-electron chi connectivity index (χ1n) is 4.09. The van der Waals surface area contributed by atoms with Gasteiger partial charge in [0.1, 0.15) is 5.15 Å². The van der Waals surface area contributed by atoms with Crippen LogP contribution in [-0.4, -0.2) is 22.2 Å². The summed E-state index contributed by atoms with van der Waals surface area (Å²) >= 11 is 5.86. The highest BCUT2D eigenvalue weighted by molar-refractivity contribution is 6.62. The van der Waals surface area contributed by atoms with Gasteiger partial charge in [0.25, 0.3) is 0 Å². The SMILES string of the molecule is OB(O)c1cnc(Cl)c2ccccc12. The van der Waals surface area contributed by atoms with Crippen LogP contribution in [0.25, 0.3) is 10.8 Å². The van der Waals surface area contributed by atoms with E-state index < -0.39 is 7.12 Å². The summed E-state index contributed by atoms with van der Waals surface area (Å²) in [5.41, 5.74) is 0.366. The zero-order chi connectivity index (χ0) is 10.1. The Kier molecular flexibility index (Phi) is 2.41. The van der Waals surface area contributed by atoms with Crippen molar-refractivity contribution in [3.05, 3.63) is 35.6 Å². The molecule has 1 aromatic heterocycles. The standard InChI is InChI=1S/C9H7BClNO2/c11-9-7-4-2-1-3-6(7)8(5-12-9)10(13)14/h1-5,13-14H. The van der Waals surface area contributed by atoms with E-state index >= 15 is 0 Å². The molecule has 2 rings (SSSR count). The molecular formula is C9H7BClNO2. The van der Waals surface area contributed by atoms with E-state index in [0.29, 0.717) is 16.0 Å². The molecule has 2 N–H and O–H groups in total. The molecular weight excluding hydrogens is 200 g/mol. The van der Waals surface area contributed by atoms with Crippen LogP contribution in [0.15, 0.2) is 30.5 Å². The maximum Gasteiger partial charge on any atom is 0.490 e. The Morgan fingerprint density at radius 1 is 1.14 bits per heavy atom. The highest BCUT2D eigenvalue weighted by atomic mass is 35.5. The Labute approximate surface area is 86.1 Å². The number of hydrogen-bond donors (Lipinski definition) is 2. The van der Waals surface area contributed by atoms with Crippen LogP contribution in [0.3, 0.4) is 0 Å². The molecule has 0 aliphatic rings. The number of nitrogens with zero attached hydrogens (tertiary/aromatic N) is 1. The smallest absolute Gasteiger partial charge is 0.423 e. The molecule has 0 bridgehead atoms. The fourth-order valence-corrected chi connectivity index (χ4v) is 1.60.